The van der Waals surface area contributed by atoms with E-state index in [2.05, 4.69) is 12.2 Å². The minimum absolute atomic E-state index is 0.0332. The second-order valence-corrected chi connectivity index (χ2v) is 7.85. The van der Waals surface area contributed by atoms with Gasteiger partial charge in [0.15, 0.2) is 11.5 Å². The van der Waals surface area contributed by atoms with Crippen molar-refractivity contribution in [3.8, 4) is 40.0 Å². The number of aldehydes is 1. The Hall–Kier alpha value is -3.54. The van der Waals surface area contributed by atoms with Crippen LogP contribution in [0.25, 0.3) is 22.7 Å². The highest BCUT2D eigenvalue weighted by atomic mass is 16.5. The summed E-state index contributed by atoms with van der Waals surface area (Å²) in [5.41, 5.74) is 3.29. The van der Waals surface area contributed by atoms with Gasteiger partial charge in [0, 0.05) is 17.5 Å². The van der Waals surface area contributed by atoms with Crippen LogP contribution in [0, 0.1) is 0 Å². The van der Waals surface area contributed by atoms with Gasteiger partial charge in [0.1, 0.15) is 30.1 Å². The lowest BCUT2D eigenvalue weighted by molar-refractivity contribution is -0.107. The zero-order valence-electron chi connectivity index (χ0n) is 19.1. The lowest BCUT2D eigenvalue weighted by atomic mass is 10.0. The van der Waals surface area contributed by atoms with Crippen LogP contribution < -0.4 is 14.2 Å². The number of aryl methyl sites for hydroxylation is 1. The Morgan fingerprint density at radius 1 is 1.21 bits per heavy atom. The van der Waals surface area contributed by atoms with Crippen molar-refractivity contribution in [3.05, 3.63) is 60.4 Å². The monoisotopic (exact) mass is 447 g/mol. The summed E-state index contributed by atoms with van der Waals surface area (Å²) in [6.45, 7) is 2.46. The third kappa shape index (κ3) is 5.28. The molecule has 1 aromatic heterocycles. The molecule has 1 heterocycles. The normalized spacial score (nSPS) is 15.3. The summed E-state index contributed by atoms with van der Waals surface area (Å²) < 4.78 is 23.5. The summed E-state index contributed by atoms with van der Waals surface area (Å²) in [6.07, 6.45) is 11.1. The Morgan fingerprint density at radius 3 is 2.88 bits per heavy atom. The molecule has 2 aromatic carbocycles. The lowest BCUT2D eigenvalue weighted by Crippen LogP contribution is -2.16. The maximum atomic E-state index is 10.9. The zero-order valence-corrected chi connectivity index (χ0v) is 19.1. The van der Waals surface area contributed by atoms with E-state index in [-0.39, 0.29) is 6.10 Å². The second kappa shape index (κ2) is 10.9. The maximum absolute atomic E-state index is 10.9. The van der Waals surface area contributed by atoms with Crippen molar-refractivity contribution in [1.82, 2.24) is 4.98 Å². The van der Waals surface area contributed by atoms with Gasteiger partial charge < -0.3 is 23.4 Å². The molecule has 172 valence electrons. The summed E-state index contributed by atoms with van der Waals surface area (Å²) in [7, 11) is 1.63. The number of benzene rings is 2. The molecule has 1 aliphatic carbocycles. The number of allylic oxidation sites excluding steroid dienone is 1. The van der Waals surface area contributed by atoms with Gasteiger partial charge in [0.25, 0.3) is 0 Å². The number of aromatic nitrogens is 1. The first-order chi connectivity index (χ1) is 16.2. The van der Waals surface area contributed by atoms with E-state index in [0.29, 0.717) is 42.5 Å². The Balaban J connectivity index is 1.65. The summed E-state index contributed by atoms with van der Waals surface area (Å²) in [5.74, 6) is 2.56. The molecule has 1 atom stereocenters. The van der Waals surface area contributed by atoms with Gasteiger partial charge in [0.05, 0.1) is 13.7 Å². The fraction of sp³-hybridized carbons (Fsp3) is 0.333. The minimum atomic E-state index is 0.0332. The van der Waals surface area contributed by atoms with E-state index in [1.54, 1.807) is 13.4 Å². The summed E-state index contributed by atoms with van der Waals surface area (Å²) in [5, 5.41) is 0. The molecule has 0 aliphatic heterocycles. The van der Waals surface area contributed by atoms with Crippen LogP contribution in [0.4, 0.5) is 0 Å². The molecule has 33 heavy (non-hydrogen) atoms. The van der Waals surface area contributed by atoms with Gasteiger partial charge in [0.2, 0.25) is 5.89 Å². The number of oxazole rings is 1. The highest BCUT2D eigenvalue weighted by molar-refractivity contribution is 5.71. The number of ether oxygens (including phenoxy) is 3. The molecule has 1 aliphatic rings. The number of carbonyl (C=O) groups excluding carboxylic acids is 1. The highest BCUT2D eigenvalue weighted by Crippen LogP contribution is 2.37. The number of carbonyl (C=O) groups is 1. The van der Waals surface area contributed by atoms with Crippen LogP contribution in [0.2, 0.25) is 0 Å². The van der Waals surface area contributed by atoms with Gasteiger partial charge in [-0.2, -0.15) is 0 Å². The average molecular weight is 448 g/mol. The van der Waals surface area contributed by atoms with Crippen LogP contribution in [-0.2, 0) is 11.2 Å². The maximum Gasteiger partial charge on any atom is 0.226 e. The second-order valence-electron chi connectivity index (χ2n) is 7.85. The molecule has 0 N–H and O–H groups in total. The molecule has 0 spiro atoms. The fourth-order valence-electron chi connectivity index (χ4n) is 3.99. The predicted octanol–water partition coefficient (Wildman–Crippen LogP) is 6.03. The first-order valence-corrected chi connectivity index (χ1v) is 11.4. The molecule has 0 fully saturated rings. The third-order valence-electron chi connectivity index (χ3n) is 5.60. The average Bonchev–Trinajstić information content (AvgIpc) is 3.34. The van der Waals surface area contributed by atoms with Crippen LogP contribution >= 0.6 is 0 Å². The number of rotatable bonds is 10. The Bertz CT molecular complexity index is 1120. The van der Waals surface area contributed by atoms with Crippen molar-refractivity contribution in [2.24, 2.45) is 0 Å². The van der Waals surface area contributed by atoms with E-state index in [1.807, 2.05) is 43.3 Å². The van der Waals surface area contributed by atoms with E-state index < -0.39 is 0 Å². The van der Waals surface area contributed by atoms with Crippen molar-refractivity contribution in [1.29, 1.82) is 0 Å². The largest absolute Gasteiger partial charge is 0.493 e. The van der Waals surface area contributed by atoms with Crippen molar-refractivity contribution < 1.29 is 23.4 Å². The van der Waals surface area contributed by atoms with E-state index >= 15 is 0 Å². The molecule has 0 amide bonds. The number of para-hydroxylation sites is 1. The van der Waals surface area contributed by atoms with Gasteiger partial charge in [-0.15, -0.1) is 0 Å². The van der Waals surface area contributed by atoms with Gasteiger partial charge in [-0.1, -0.05) is 18.2 Å². The van der Waals surface area contributed by atoms with Gasteiger partial charge in [-0.05, 0) is 68.5 Å². The molecule has 6 heteroatoms. The van der Waals surface area contributed by atoms with E-state index in [4.69, 9.17) is 23.6 Å². The minimum Gasteiger partial charge on any atom is -0.493 e. The van der Waals surface area contributed by atoms with Crippen LogP contribution in [0.1, 0.15) is 38.2 Å². The lowest BCUT2D eigenvalue weighted by Gasteiger charge is -2.20. The molecular formula is C27H29NO5. The van der Waals surface area contributed by atoms with Crippen LogP contribution in [0.3, 0.4) is 0 Å². The topological polar surface area (TPSA) is 70.8 Å². The molecule has 0 radical (unpaired) electrons. The van der Waals surface area contributed by atoms with Gasteiger partial charge in [-0.25, -0.2) is 4.98 Å². The number of methoxy groups -OCH3 is 1. The smallest absolute Gasteiger partial charge is 0.226 e. The molecule has 0 saturated carbocycles. The summed E-state index contributed by atoms with van der Waals surface area (Å²) in [4.78, 5) is 15.6. The Labute approximate surface area is 194 Å². The predicted molar refractivity (Wildman–Crippen MR) is 127 cm³/mol. The summed E-state index contributed by atoms with van der Waals surface area (Å²) >= 11 is 0. The number of nitrogens with zero attached hydrogens (tertiary/aromatic N) is 1. The Kier molecular flexibility index (Phi) is 7.45. The van der Waals surface area contributed by atoms with Crippen LogP contribution in [0.5, 0.6) is 17.2 Å². The molecule has 4 rings (SSSR count). The quantitative estimate of drug-likeness (QED) is 0.279. The molecule has 3 aromatic rings. The van der Waals surface area contributed by atoms with Crippen LogP contribution in [-0.4, -0.2) is 31.1 Å². The first kappa shape index (κ1) is 22.6. The molecular weight excluding hydrogens is 418 g/mol. The molecule has 1 unspecified atom stereocenters. The van der Waals surface area contributed by atoms with Crippen LogP contribution in [0.15, 0.2) is 59.2 Å². The Morgan fingerprint density at radius 2 is 2.12 bits per heavy atom. The van der Waals surface area contributed by atoms with E-state index in [1.165, 1.54) is 0 Å². The molecule has 6 nitrogen and oxygen atoms in total. The van der Waals surface area contributed by atoms with Gasteiger partial charge >= 0.3 is 0 Å². The van der Waals surface area contributed by atoms with Crippen molar-refractivity contribution in [2.75, 3.05) is 13.7 Å². The summed E-state index contributed by atoms with van der Waals surface area (Å²) in [6, 6.07) is 11.6. The van der Waals surface area contributed by atoms with Crippen molar-refractivity contribution >= 4 is 6.29 Å². The van der Waals surface area contributed by atoms with Crippen molar-refractivity contribution in [2.45, 2.75) is 45.1 Å². The number of hydrogen-bond acceptors (Lipinski definition) is 6. The van der Waals surface area contributed by atoms with E-state index in [9.17, 15) is 4.79 Å². The third-order valence-corrected chi connectivity index (χ3v) is 5.60. The standard InChI is InChI=1S/C27H29NO5/c1-3-31-26-19(10-8-16-29)9-7-13-22(26)23-18-32-27(28-23)20-14-15-24(30-2)25(17-20)33-21-11-5-4-6-12-21/h5,7,9,11,13-18,21H,3-4,6,8,10,12H2,1-2H3. The first-order valence-electron chi connectivity index (χ1n) is 11.4. The van der Waals surface area contributed by atoms with Crippen molar-refractivity contribution in [3.63, 3.8) is 0 Å². The van der Waals surface area contributed by atoms with Gasteiger partial charge in [-0.3, -0.25) is 0 Å². The zero-order chi connectivity index (χ0) is 23.0. The highest BCUT2D eigenvalue weighted by Gasteiger charge is 2.18. The fourth-order valence-corrected chi connectivity index (χ4v) is 3.99. The SMILES string of the molecule is CCOc1c(CCC=O)cccc1-c1coc(-c2ccc(OC)c(OC3C=CCCC3)c2)n1. The van der Waals surface area contributed by atoms with E-state index in [0.717, 1.165) is 48.0 Å². The molecule has 0 saturated heterocycles. The molecule has 0 bridgehead atoms. The number of hydrogen-bond donors (Lipinski definition) is 0.